The Bertz CT molecular complexity index is 973. The van der Waals surface area contributed by atoms with E-state index in [0.717, 1.165) is 41.7 Å². The van der Waals surface area contributed by atoms with Gasteiger partial charge in [0.1, 0.15) is 0 Å². The van der Waals surface area contributed by atoms with Crippen molar-refractivity contribution in [3.63, 3.8) is 0 Å². The topological polar surface area (TPSA) is 74.1 Å². The number of aromatic nitrogens is 1. The fourth-order valence-electron chi connectivity index (χ4n) is 3.46. The average Bonchev–Trinajstić information content (AvgIpc) is 2.95. The molecule has 1 aliphatic heterocycles. The molecule has 5 heteroatoms. The van der Waals surface area contributed by atoms with Gasteiger partial charge >= 0.3 is 0 Å². The molecule has 25 heavy (non-hydrogen) atoms. The Morgan fingerprint density at radius 2 is 2.08 bits per heavy atom. The van der Waals surface area contributed by atoms with E-state index in [1.807, 2.05) is 37.3 Å². The normalized spacial score (nSPS) is 14.5. The van der Waals surface area contributed by atoms with Crippen LogP contribution in [0, 0.1) is 6.92 Å². The number of rotatable bonds is 2. The maximum Gasteiger partial charge on any atom is 0.255 e. The Morgan fingerprint density at radius 1 is 1.24 bits per heavy atom. The summed E-state index contributed by atoms with van der Waals surface area (Å²) in [6.45, 7) is 3.92. The second kappa shape index (κ2) is 5.93. The first kappa shape index (κ1) is 15.7. The molecule has 4 rings (SSSR count). The number of nitrogens with two attached hydrogens (primary N) is 1. The minimum atomic E-state index is -0.116. The number of aryl methyl sites for hydroxylation is 1. The molecule has 0 unspecified atom stereocenters. The summed E-state index contributed by atoms with van der Waals surface area (Å²) in [7, 11) is 2.13. The Kier molecular flexibility index (Phi) is 3.73. The number of aromatic amines is 1. The van der Waals surface area contributed by atoms with E-state index in [9.17, 15) is 4.79 Å². The van der Waals surface area contributed by atoms with Crippen LogP contribution in [0.2, 0.25) is 0 Å². The van der Waals surface area contributed by atoms with Crippen LogP contribution in [0.4, 0.5) is 11.4 Å². The first-order valence-electron chi connectivity index (χ1n) is 8.51. The summed E-state index contributed by atoms with van der Waals surface area (Å²) in [6, 6.07) is 11.4. The van der Waals surface area contributed by atoms with Gasteiger partial charge in [-0.05, 0) is 55.4 Å². The summed E-state index contributed by atoms with van der Waals surface area (Å²) in [6.07, 6.45) is 1.02. The largest absolute Gasteiger partial charge is 0.399 e. The van der Waals surface area contributed by atoms with E-state index in [4.69, 9.17) is 5.73 Å². The van der Waals surface area contributed by atoms with Crippen LogP contribution in [0.15, 0.2) is 36.4 Å². The summed E-state index contributed by atoms with van der Waals surface area (Å²) < 4.78 is 0. The zero-order chi connectivity index (χ0) is 17.6. The van der Waals surface area contributed by atoms with Crippen molar-refractivity contribution >= 4 is 28.2 Å². The number of nitrogens with one attached hydrogen (secondary N) is 2. The number of nitrogen functional groups attached to an aromatic ring is 1. The highest BCUT2D eigenvalue weighted by molar-refractivity contribution is 6.07. The van der Waals surface area contributed by atoms with Crippen molar-refractivity contribution in [2.24, 2.45) is 0 Å². The van der Waals surface area contributed by atoms with Crippen LogP contribution in [0.25, 0.3) is 10.9 Å². The van der Waals surface area contributed by atoms with Crippen molar-refractivity contribution in [1.29, 1.82) is 0 Å². The third-order valence-electron chi connectivity index (χ3n) is 4.94. The molecule has 0 aliphatic carbocycles. The first-order valence-corrected chi connectivity index (χ1v) is 8.51. The summed E-state index contributed by atoms with van der Waals surface area (Å²) in [5.41, 5.74) is 12.6. The van der Waals surface area contributed by atoms with Gasteiger partial charge in [-0.2, -0.15) is 0 Å². The molecule has 2 aromatic carbocycles. The summed E-state index contributed by atoms with van der Waals surface area (Å²) in [4.78, 5) is 18.5. The highest BCUT2D eigenvalue weighted by atomic mass is 16.1. The standard InChI is InChI=1S/C20H22N4O/c1-12-3-5-14(21)10-19(12)23-20(25)13-4-6-17-15(9-13)16-11-24(2)8-7-18(16)22-17/h3-6,9-10,22H,7-8,11,21H2,1-2H3,(H,23,25). The highest BCUT2D eigenvalue weighted by Gasteiger charge is 2.19. The lowest BCUT2D eigenvalue weighted by Crippen LogP contribution is -2.26. The van der Waals surface area contributed by atoms with Gasteiger partial charge in [0, 0.05) is 53.0 Å². The van der Waals surface area contributed by atoms with E-state index in [1.54, 1.807) is 6.07 Å². The molecule has 3 aromatic rings. The highest BCUT2D eigenvalue weighted by Crippen LogP contribution is 2.28. The predicted molar refractivity (Wildman–Crippen MR) is 102 cm³/mol. The molecule has 1 aromatic heterocycles. The molecule has 0 saturated heterocycles. The number of carbonyl (C=O) groups is 1. The van der Waals surface area contributed by atoms with Crippen molar-refractivity contribution in [3.8, 4) is 0 Å². The molecule has 1 amide bonds. The number of H-pyrrole nitrogens is 1. The van der Waals surface area contributed by atoms with E-state index < -0.39 is 0 Å². The first-order chi connectivity index (χ1) is 12.0. The van der Waals surface area contributed by atoms with Crippen LogP contribution in [-0.4, -0.2) is 29.4 Å². The summed E-state index contributed by atoms with van der Waals surface area (Å²) >= 11 is 0. The molecular formula is C20H22N4O. The van der Waals surface area contributed by atoms with Crippen molar-refractivity contribution in [2.75, 3.05) is 24.6 Å². The molecule has 5 nitrogen and oxygen atoms in total. The minimum absolute atomic E-state index is 0.116. The van der Waals surface area contributed by atoms with Crippen molar-refractivity contribution in [1.82, 2.24) is 9.88 Å². The lowest BCUT2D eigenvalue weighted by molar-refractivity contribution is 0.102. The van der Waals surface area contributed by atoms with E-state index in [0.29, 0.717) is 11.3 Å². The van der Waals surface area contributed by atoms with Crippen molar-refractivity contribution < 1.29 is 4.79 Å². The quantitative estimate of drug-likeness (QED) is 0.630. The zero-order valence-electron chi connectivity index (χ0n) is 14.5. The average molecular weight is 334 g/mol. The van der Waals surface area contributed by atoms with E-state index >= 15 is 0 Å². The molecular weight excluding hydrogens is 312 g/mol. The Hall–Kier alpha value is -2.79. The van der Waals surface area contributed by atoms with Gasteiger partial charge in [-0.25, -0.2) is 0 Å². The number of hydrogen-bond acceptors (Lipinski definition) is 3. The van der Waals surface area contributed by atoms with E-state index in [1.165, 1.54) is 11.3 Å². The fourth-order valence-corrected chi connectivity index (χ4v) is 3.46. The molecule has 4 N–H and O–H groups in total. The lowest BCUT2D eigenvalue weighted by Gasteiger charge is -2.22. The van der Waals surface area contributed by atoms with Gasteiger partial charge in [-0.1, -0.05) is 6.07 Å². The Morgan fingerprint density at radius 3 is 2.92 bits per heavy atom. The summed E-state index contributed by atoms with van der Waals surface area (Å²) in [5.74, 6) is -0.116. The fraction of sp³-hybridized carbons (Fsp3) is 0.250. The number of benzene rings is 2. The van der Waals surface area contributed by atoms with Gasteiger partial charge in [-0.3, -0.25) is 4.79 Å². The second-order valence-electron chi connectivity index (χ2n) is 6.86. The van der Waals surface area contributed by atoms with Crippen LogP contribution < -0.4 is 11.1 Å². The lowest BCUT2D eigenvalue weighted by atomic mass is 10.0. The maximum atomic E-state index is 12.7. The Balaban J connectivity index is 1.68. The number of carbonyl (C=O) groups excluding carboxylic acids is 1. The molecule has 2 heterocycles. The molecule has 0 atom stereocenters. The van der Waals surface area contributed by atoms with Gasteiger partial charge < -0.3 is 20.9 Å². The van der Waals surface area contributed by atoms with Crippen molar-refractivity contribution in [3.05, 3.63) is 58.8 Å². The Labute approximate surface area is 146 Å². The van der Waals surface area contributed by atoms with E-state index in [2.05, 4.69) is 22.2 Å². The predicted octanol–water partition coefficient (Wildman–Crippen LogP) is 3.30. The third-order valence-corrected chi connectivity index (χ3v) is 4.94. The smallest absolute Gasteiger partial charge is 0.255 e. The van der Waals surface area contributed by atoms with Gasteiger partial charge in [0.05, 0.1) is 0 Å². The SMILES string of the molecule is Cc1ccc(N)cc1NC(=O)c1ccc2[nH]c3c(c2c1)CN(C)CC3. The number of hydrogen-bond donors (Lipinski definition) is 3. The number of amides is 1. The minimum Gasteiger partial charge on any atom is -0.399 e. The molecule has 128 valence electrons. The van der Waals surface area contributed by atoms with E-state index in [-0.39, 0.29) is 5.91 Å². The van der Waals surface area contributed by atoms with Crippen LogP contribution in [0.3, 0.4) is 0 Å². The summed E-state index contributed by atoms with van der Waals surface area (Å²) in [5, 5.41) is 4.11. The van der Waals surface area contributed by atoms with Gasteiger partial charge in [0.2, 0.25) is 0 Å². The van der Waals surface area contributed by atoms with Gasteiger partial charge in [0.15, 0.2) is 0 Å². The van der Waals surface area contributed by atoms with Crippen LogP contribution in [0.5, 0.6) is 0 Å². The zero-order valence-corrected chi connectivity index (χ0v) is 14.5. The number of likely N-dealkylation sites (N-methyl/N-ethyl adjacent to an activating group) is 1. The monoisotopic (exact) mass is 334 g/mol. The molecule has 0 bridgehead atoms. The maximum absolute atomic E-state index is 12.7. The van der Waals surface area contributed by atoms with Crippen LogP contribution in [0.1, 0.15) is 27.2 Å². The van der Waals surface area contributed by atoms with Gasteiger partial charge in [0.25, 0.3) is 5.91 Å². The molecule has 0 spiro atoms. The molecule has 0 saturated carbocycles. The van der Waals surface area contributed by atoms with Crippen LogP contribution in [-0.2, 0) is 13.0 Å². The number of anilines is 2. The van der Waals surface area contributed by atoms with Gasteiger partial charge in [-0.15, -0.1) is 0 Å². The van der Waals surface area contributed by atoms with Crippen LogP contribution >= 0.6 is 0 Å². The second-order valence-corrected chi connectivity index (χ2v) is 6.86. The molecule has 0 radical (unpaired) electrons. The third kappa shape index (κ3) is 2.87. The number of nitrogens with zero attached hydrogens (tertiary/aromatic N) is 1. The number of fused-ring (bicyclic) bond motifs is 3. The molecule has 1 aliphatic rings. The van der Waals surface area contributed by atoms with Crippen molar-refractivity contribution in [2.45, 2.75) is 19.9 Å². The molecule has 0 fully saturated rings.